The van der Waals surface area contributed by atoms with Crippen LogP contribution in [0.25, 0.3) is 0 Å². The maximum atomic E-state index is 11.2. The smallest absolute Gasteiger partial charge is 0.238 e. The van der Waals surface area contributed by atoms with Crippen LogP contribution in [0.4, 0.5) is 5.69 Å². The second-order valence-corrected chi connectivity index (χ2v) is 6.51. The molecule has 2 rings (SSSR count). The van der Waals surface area contributed by atoms with Crippen LogP contribution in [0.1, 0.15) is 12.6 Å². The number of hydrogen-bond acceptors (Lipinski definition) is 4. The molecule has 1 heterocycles. The van der Waals surface area contributed by atoms with Crippen LogP contribution in [-0.4, -0.2) is 23.3 Å². The minimum absolute atomic E-state index is 0.0574. The normalized spacial score (nSPS) is 11.2. The molecule has 1 aromatic heterocycles. The predicted molar refractivity (Wildman–Crippen MR) is 88.8 cm³/mol. The Labute approximate surface area is 134 Å². The molecule has 0 saturated carbocycles. The average molecular weight is 339 g/mol. The Morgan fingerprint density at radius 2 is 2.00 bits per heavy atom. The van der Waals surface area contributed by atoms with Gasteiger partial charge in [-0.05, 0) is 49.5 Å². The number of thiocarbonyl (C=S) groups is 1. The molecule has 0 atom stereocenters. The van der Waals surface area contributed by atoms with Crippen molar-refractivity contribution in [1.29, 1.82) is 0 Å². The highest BCUT2D eigenvalue weighted by Gasteiger charge is 2.07. The average Bonchev–Trinajstić information content (AvgIpc) is 2.93. The fourth-order valence-corrected chi connectivity index (χ4v) is 2.45. The predicted octanol–water partition coefficient (Wildman–Crippen LogP) is 1.04. The van der Waals surface area contributed by atoms with E-state index in [2.05, 4.69) is 15.7 Å². The van der Waals surface area contributed by atoms with E-state index in [1.54, 1.807) is 12.1 Å². The van der Waals surface area contributed by atoms with E-state index in [4.69, 9.17) is 17.4 Å². The highest BCUT2D eigenvalue weighted by Crippen LogP contribution is 2.12. The Kier molecular flexibility index (Phi) is 5.11. The molecule has 0 fully saturated rings. The van der Waals surface area contributed by atoms with E-state index in [1.807, 2.05) is 23.9 Å². The molecule has 1 aromatic carbocycles. The highest BCUT2D eigenvalue weighted by molar-refractivity contribution is 7.89. The van der Waals surface area contributed by atoms with Gasteiger partial charge in [0.2, 0.25) is 10.0 Å². The molecule has 118 valence electrons. The van der Waals surface area contributed by atoms with Gasteiger partial charge in [-0.15, -0.1) is 0 Å². The first-order chi connectivity index (χ1) is 10.4. The lowest BCUT2D eigenvalue weighted by Gasteiger charge is -2.09. The number of hydrogen-bond donors (Lipinski definition) is 3. The van der Waals surface area contributed by atoms with Crippen molar-refractivity contribution in [2.75, 3.05) is 5.32 Å². The number of rotatable bonds is 5. The lowest BCUT2D eigenvalue weighted by atomic mass is 10.3. The molecule has 22 heavy (non-hydrogen) atoms. The third-order valence-corrected chi connectivity index (χ3v) is 4.07. The number of anilines is 1. The van der Waals surface area contributed by atoms with E-state index in [1.165, 1.54) is 12.1 Å². The maximum absolute atomic E-state index is 11.2. The molecule has 0 bridgehead atoms. The van der Waals surface area contributed by atoms with Crippen LogP contribution in [0.15, 0.2) is 41.4 Å². The molecular weight excluding hydrogens is 322 g/mol. The summed E-state index contributed by atoms with van der Waals surface area (Å²) in [5, 5.41) is 15.8. The number of nitrogens with one attached hydrogen (secondary N) is 2. The SMILES string of the molecule is CCn1ccc(CNC(=S)Nc2ccc(S(N)(=O)=O)cc2)n1. The quantitative estimate of drug-likeness (QED) is 0.704. The third-order valence-electron chi connectivity index (χ3n) is 2.89. The molecule has 4 N–H and O–H groups in total. The largest absolute Gasteiger partial charge is 0.357 e. The summed E-state index contributed by atoms with van der Waals surface area (Å²) in [6.45, 7) is 3.34. The van der Waals surface area contributed by atoms with Crippen LogP contribution >= 0.6 is 12.2 Å². The minimum Gasteiger partial charge on any atom is -0.357 e. The third kappa shape index (κ3) is 4.52. The standard InChI is InChI=1S/C13H17N5O2S2/c1-2-18-8-7-11(17-18)9-15-13(21)16-10-3-5-12(6-4-10)22(14,19)20/h3-8H,2,9H2,1H3,(H2,14,19,20)(H2,15,16,21). The molecule has 0 spiro atoms. The van der Waals surface area contributed by atoms with Gasteiger partial charge in [0, 0.05) is 18.4 Å². The first-order valence-electron chi connectivity index (χ1n) is 6.58. The van der Waals surface area contributed by atoms with Gasteiger partial charge in [0.05, 0.1) is 17.1 Å². The van der Waals surface area contributed by atoms with Crippen LogP contribution in [0.2, 0.25) is 0 Å². The van der Waals surface area contributed by atoms with Gasteiger partial charge in [-0.25, -0.2) is 13.6 Å². The van der Waals surface area contributed by atoms with Gasteiger partial charge >= 0.3 is 0 Å². The summed E-state index contributed by atoms with van der Waals surface area (Å²) in [6, 6.07) is 7.95. The molecule has 2 aromatic rings. The van der Waals surface area contributed by atoms with Crippen LogP contribution in [-0.2, 0) is 23.1 Å². The van der Waals surface area contributed by atoms with Crippen molar-refractivity contribution in [2.45, 2.75) is 24.9 Å². The highest BCUT2D eigenvalue weighted by atomic mass is 32.2. The van der Waals surface area contributed by atoms with Crippen LogP contribution in [0, 0.1) is 0 Å². The monoisotopic (exact) mass is 339 g/mol. The Morgan fingerprint density at radius 1 is 1.32 bits per heavy atom. The van der Waals surface area contributed by atoms with E-state index in [0.29, 0.717) is 17.3 Å². The molecule has 0 amide bonds. The summed E-state index contributed by atoms with van der Waals surface area (Å²) >= 11 is 5.18. The van der Waals surface area contributed by atoms with Crippen molar-refractivity contribution < 1.29 is 8.42 Å². The van der Waals surface area contributed by atoms with Gasteiger partial charge in [-0.1, -0.05) is 0 Å². The van der Waals surface area contributed by atoms with Crippen molar-refractivity contribution in [3.8, 4) is 0 Å². The molecule has 0 aliphatic carbocycles. The molecule has 7 nitrogen and oxygen atoms in total. The summed E-state index contributed by atoms with van der Waals surface area (Å²) in [5.74, 6) is 0. The fourth-order valence-electron chi connectivity index (χ4n) is 1.75. The second-order valence-electron chi connectivity index (χ2n) is 4.54. The van der Waals surface area contributed by atoms with Gasteiger partial charge < -0.3 is 10.6 Å². The first-order valence-corrected chi connectivity index (χ1v) is 8.54. The fraction of sp³-hybridized carbons (Fsp3) is 0.231. The van der Waals surface area contributed by atoms with E-state index in [-0.39, 0.29) is 4.90 Å². The number of sulfonamides is 1. The Balaban J connectivity index is 1.89. The topological polar surface area (TPSA) is 102 Å². The van der Waals surface area contributed by atoms with Crippen LogP contribution in [0.3, 0.4) is 0 Å². The van der Waals surface area contributed by atoms with Crippen molar-refractivity contribution in [1.82, 2.24) is 15.1 Å². The van der Waals surface area contributed by atoms with Gasteiger partial charge in [-0.2, -0.15) is 5.10 Å². The molecule has 0 unspecified atom stereocenters. The number of benzene rings is 1. The summed E-state index contributed by atoms with van der Waals surface area (Å²) in [5.41, 5.74) is 1.56. The Morgan fingerprint density at radius 3 is 2.55 bits per heavy atom. The van der Waals surface area contributed by atoms with Crippen molar-refractivity contribution >= 4 is 33.0 Å². The first kappa shape index (κ1) is 16.4. The number of nitrogens with zero attached hydrogens (tertiary/aromatic N) is 2. The number of primary sulfonamides is 1. The van der Waals surface area contributed by atoms with Gasteiger partial charge in [0.25, 0.3) is 0 Å². The van der Waals surface area contributed by atoms with Crippen LogP contribution in [0.5, 0.6) is 0 Å². The van der Waals surface area contributed by atoms with Gasteiger partial charge in [0.15, 0.2) is 5.11 Å². The van der Waals surface area contributed by atoms with E-state index in [0.717, 1.165) is 12.2 Å². The molecular formula is C13H17N5O2S2. The molecule has 9 heteroatoms. The molecule has 0 radical (unpaired) electrons. The van der Waals surface area contributed by atoms with Crippen molar-refractivity contribution in [3.63, 3.8) is 0 Å². The van der Waals surface area contributed by atoms with E-state index >= 15 is 0 Å². The van der Waals surface area contributed by atoms with Crippen LogP contribution < -0.4 is 15.8 Å². The number of aryl methyl sites for hydroxylation is 1. The van der Waals surface area contributed by atoms with Gasteiger partial charge in [0.1, 0.15) is 0 Å². The summed E-state index contributed by atoms with van der Waals surface area (Å²) in [6.07, 6.45) is 1.90. The minimum atomic E-state index is -3.68. The Hall–Kier alpha value is -1.97. The van der Waals surface area contributed by atoms with Gasteiger partial charge in [-0.3, -0.25) is 4.68 Å². The number of nitrogens with two attached hydrogens (primary N) is 1. The van der Waals surface area contributed by atoms with Crippen molar-refractivity contribution in [2.24, 2.45) is 5.14 Å². The zero-order valence-corrected chi connectivity index (χ0v) is 13.6. The van der Waals surface area contributed by atoms with E-state index < -0.39 is 10.0 Å². The molecule has 0 aliphatic rings. The van der Waals surface area contributed by atoms with Crippen molar-refractivity contribution in [3.05, 3.63) is 42.2 Å². The summed E-state index contributed by atoms with van der Waals surface area (Å²) < 4.78 is 24.2. The molecule has 0 aliphatic heterocycles. The lowest BCUT2D eigenvalue weighted by Crippen LogP contribution is -2.28. The second kappa shape index (κ2) is 6.86. The number of aromatic nitrogens is 2. The zero-order valence-electron chi connectivity index (χ0n) is 12.0. The van der Waals surface area contributed by atoms with E-state index in [9.17, 15) is 8.42 Å². The maximum Gasteiger partial charge on any atom is 0.238 e. The lowest BCUT2D eigenvalue weighted by molar-refractivity contribution is 0.598. The summed E-state index contributed by atoms with van der Waals surface area (Å²) in [4.78, 5) is 0.0574. The summed E-state index contributed by atoms with van der Waals surface area (Å²) in [7, 11) is -3.68. The zero-order chi connectivity index (χ0) is 16.2. The molecule has 0 saturated heterocycles. The Bertz CT molecular complexity index is 753.